The van der Waals surface area contributed by atoms with Crippen LogP contribution in [0, 0.1) is 5.92 Å². The van der Waals surface area contributed by atoms with Crippen molar-refractivity contribution >= 4 is 45.2 Å². The first-order chi connectivity index (χ1) is 12.6. The molecule has 1 fully saturated rings. The standard InChI is InChI=1S/C20H16ClN3O2/c21-13-9-10-15-14(11-13)19(26)24-17-8-4-3-7-16(17)23(20(24)22-15)18(25)12-5-1-2-6-12/h3-4,7-12H,1-2,5-6H2. The molecule has 4 aromatic rings. The second-order valence-electron chi connectivity index (χ2n) is 6.86. The molecule has 130 valence electrons. The lowest BCUT2D eigenvalue weighted by atomic mass is 10.1. The number of fused-ring (bicyclic) bond motifs is 4. The zero-order valence-corrected chi connectivity index (χ0v) is 14.7. The van der Waals surface area contributed by atoms with Gasteiger partial charge in [-0.3, -0.25) is 9.59 Å². The Labute approximate surface area is 153 Å². The molecule has 0 amide bonds. The van der Waals surface area contributed by atoms with E-state index in [1.165, 1.54) is 4.40 Å². The predicted octanol–water partition coefficient (Wildman–Crippen LogP) is 4.29. The molecular weight excluding hydrogens is 350 g/mol. The van der Waals surface area contributed by atoms with E-state index in [1.54, 1.807) is 22.8 Å². The first-order valence-electron chi connectivity index (χ1n) is 8.81. The number of carbonyl (C=O) groups excluding carboxylic acids is 1. The Morgan fingerprint density at radius 2 is 1.81 bits per heavy atom. The highest BCUT2D eigenvalue weighted by Crippen LogP contribution is 2.29. The van der Waals surface area contributed by atoms with Gasteiger partial charge in [0.1, 0.15) is 0 Å². The highest BCUT2D eigenvalue weighted by Gasteiger charge is 2.28. The summed E-state index contributed by atoms with van der Waals surface area (Å²) >= 11 is 6.07. The van der Waals surface area contributed by atoms with E-state index in [4.69, 9.17) is 11.6 Å². The van der Waals surface area contributed by atoms with Crippen molar-refractivity contribution in [3.8, 4) is 0 Å². The third kappa shape index (κ3) is 2.13. The van der Waals surface area contributed by atoms with Crippen LogP contribution in [0.1, 0.15) is 30.5 Å². The zero-order chi connectivity index (χ0) is 17.8. The van der Waals surface area contributed by atoms with E-state index in [-0.39, 0.29) is 17.4 Å². The van der Waals surface area contributed by atoms with Gasteiger partial charge in [0.05, 0.1) is 21.9 Å². The fourth-order valence-corrected chi connectivity index (χ4v) is 4.21. The molecule has 0 N–H and O–H groups in total. The summed E-state index contributed by atoms with van der Waals surface area (Å²) in [5, 5.41) is 0.938. The van der Waals surface area contributed by atoms with Crippen LogP contribution in [0.5, 0.6) is 0 Å². The number of hydrogen-bond donors (Lipinski definition) is 0. The Morgan fingerprint density at radius 1 is 1.08 bits per heavy atom. The van der Waals surface area contributed by atoms with Gasteiger partial charge in [0.2, 0.25) is 11.7 Å². The van der Waals surface area contributed by atoms with Crippen molar-refractivity contribution in [2.24, 2.45) is 5.92 Å². The van der Waals surface area contributed by atoms with E-state index in [0.717, 1.165) is 31.2 Å². The van der Waals surface area contributed by atoms with Crippen LogP contribution in [0.3, 0.4) is 0 Å². The van der Waals surface area contributed by atoms with E-state index >= 15 is 0 Å². The molecule has 5 nitrogen and oxygen atoms in total. The molecule has 1 aliphatic carbocycles. The van der Waals surface area contributed by atoms with Crippen LogP contribution in [-0.4, -0.2) is 19.9 Å². The molecule has 0 aliphatic heterocycles. The Bertz CT molecular complexity index is 1250. The SMILES string of the molecule is O=C(C1CCCC1)n1c2ccccc2n2c(=O)c3cc(Cl)ccc3nc12. The van der Waals surface area contributed by atoms with Gasteiger partial charge in [0.15, 0.2) is 0 Å². The van der Waals surface area contributed by atoms with Crippen molar-refractivity contribution in [1.82, 2.24) is 14.0 Å². The lowest BCUT2D eigenvalue weighted by molar-refractivity contribution is 0.0846. The monoisotopic (exact) mass is 365 g/mol. The fraction of sp³-hybridized carbons (Fsp3) is 0.250. The van der Waals surface area contributed by atoms with E-state index < -0.39 is 0 Å². The average Bonchev–Trinajstić information content (AvgIpc) is 3.28. The fourth-order valence-electron chi connectivity index (χ4n) is 4.04. The Hall–Kier alpha value is -2.66. The number of imidazole rings is 1. The van der Waals surface area contributed by atoms with Gasteiger partial charge in [-0.25, -0.2) is 14.0 Å². The molecule has 0 spiro atoms. The van der Waals surface area contributed by atoms with Crippen molar-refractivity contribution in [3.05, 3.63) is 57.8 Å². The second-order valence-corrected chi connectivity index (χ2v) is 7.29. The molecular formula is C20H16ClN3O2. The van der Waals surface area contributed by atoms with E-state index in [9.17, 15) is 9.59 Å². The Kier molecular flexibility index (Phi) is 3.40. The first-order valence-corrected chi connectivity index (χ1v) is 9.18. The summed E-state index contributed by atoms with van der Waals surface area (Å²) in [6, 6.07) is 12.5. The first kappa shape index (κ1) is 15.6. The summed E-state index contributed by atoms with van der Waals surface area (Å²) in [6.07, 6.45) is 3.93. The Balaban J connectivity index is 1.94. The van der Waals surface area contributed by atoms with Crippen LogP contribution in [0.15, 0.2) is 47.3 Å². The normalized spacial score (nSPS) is 15.4. The van der Waals surface area contributed by atoms with Gasteiger partial charge in [-0.05, 0) is 43.2 Å². The molecule has 6 heteroatoms. The molecule has 0 saturated heterocycles. The van der Waals surface area contributed by atoms with Crippen LogP contribution in [0.4, 0.5) is 0 Å². The largest absolute Gasteiger partial charge is 0.274 e. The van der Waals surface area contributed by atoms with Gasteiger partial charge in [-0.2, -0.15) is 0 Å². The topological polar surface area (TPSA) is 56.4 Å². The molecule has 2 aromatic heterocycles. The average molecular weight is 366 g/mol. The molecule has 1 saturated carbocycles. The highest BCUT2D eigenvalue weighted by atomic mass is 35.5. The number of para-hydroxylation sites is 2. The maximum atomic E-state index is 13.2. The number of hydrogen-bond acceptors (Lipinski definition) is 3. The lowest BCUT2D eigenvalue weighted by Gasteiger charge is -2.10. The summed E-state index contributed by atoms with van der Waals surface area (Å²) in [7, 11) is 0. The van der Waals surface area contributed by atoms with Crippen molar-refractivity contribution in [1.29, 1.82) is 0 Å². The van der Waals surface area contributed by atoms with Gasteiger partial charge >= 0.3 is 0 Å². The number of rotatable bonds is 1. The van der Waals surface area contributed by atoms with Crippen LogP contribution in [0.2, 0.25) is 5.02 Å². The van der Waals surface area contributed by atoms with E-state index in [2.05, 4.69) is 4.98 Å². The quantitative estimate of drug-likeness (QED) is 0.505. The van der Waals surface area contributed by atoms with Crippen molar-refractivity contribution in [3.63, 3.8) is 0 Å². The van der Waals surface area contributed by atoms with Crippen LogP contribution >= 0.6 is 11.6 Å². The maximum absolute atomic E-state index is 13.2. The van der Waals surface area contributed by atoms with Crippen molar-refractivity contribution < 1.29 is 4.79 Å². The maximum Gasteiger partial charge on any atom is 0.267 e. The lowest BCUT2D eigenvalue weighted by Crippen LogP contribution is -2.22. The zero-order valence-electron chi connectivity index (χ0n) is 14.0. The van der Waals surface area contributed by atoms with Crippen LogP contribution < -0.4 is 5.56 Å². The molecule has 0 bridgehead atoms. The van der Waals surface area contributed by atoms with Gasteiger partial charge < -0.3 is 0 Å². The van der Waals surface area contributed by atoms with E-state index in [0.29, 0.717) is 27.2 Å². The summed E-state index contributed by atoms with van der Waals surface area (Å²) in [5.74, 6) is 0.400. The van der Waals surface area contributed by atoms with Crippen molar-refractivity contribution in [2.45, 2.75) is 25.7 Å². The van der Waals surface area contributed by atoms with Crippen LogP contribution in [-0.2, 0) is 0 Å². The van der Waals surface area contributed by atoms with Crippen molar-refractivity contribution in [2.75, 3.05) is 0 Å². The summed E-state index contributed by atoms with van der Waals surface area (Å²) in [5.41, 5.74) is 1.74. The molecule has 0 atom stereocenters. The highest BCUT2D eigenvalue weighted by molar-refractivity contribution is 6.31. The Morgan fingerprint density at radius 3 is 2.58 bits per heavy atom. The van der Waals surface area contributed by atoms with E-state index in [1.807, 2.05) is 24.3 Å². The molecule has 0 unspecified atom stereocenters. The van der Waals surface area contributed by atoms with Crippen LogP contribution in [0.25, 0.3) is 27.7 Å². The predicted molar refractivity (Wildman–Crippen MR) is 102 cm³/mol. The molecule has 1 aliphatic rings. The number of aromatic nitrogens is 3. The molecule has 26 heavy (non-hydrogen) atoms. The molecule has 0 radical (unpaired) electrons. The summed E-state index contributed by atoms with van der Waals surface area (Å²) in [4.78, 5) is 31.0. The third-order valence-corrected chi connectivity index (χ3v) is 5.54. The minimum atomic E-state index is -0.207. The number of carbonyl (C=O) groups is 1. The third-order valence-electron chi connectivity index (χ3n) is 5.30. The van der Waals surface area contributed by atoms with Gasteiger partial charge in [-0.15, -0.1) is 0 Å². The number of benzene rings is 2. The van der Waals surface area contributed by atoms with Gasteiger partial charge in [0.25, 0.3) is 5.56 Å². The summed E-state index contributed by atoms with van der Waals surface area (Å²) < 4.78 is 3.15. The van der Waals surface area contributed by atoms with Gasteiger partial charge in [-0.1, -0.05) is 36.6 Å². The number of nitrogens with zero attached hydrogens (tertiary/aromatic N) is 3. The minimum absolute atomic E-state index is 0.00702. The summed E-state index contributed by atoms with van der Waals surface area (Å²) in [6.45, 7) is 0. The molecule has 2 aromatic carbocycles. The molecule has 2 heterocycles. The smallest absolute Gasteiger partial charge is 0.267 e. The van der Waals surface area contributed by atoms with Gasteiger partial charge in [0, 0.05) is 10.9 Å². The minimum Gasteiger partial charge on any atom is -0.274 e. The second kappa shape index (κ2) is 5.68. The number of halogens is 1. The molecule has 5 rings (SSSR count).